The van der Waals surface area contributed by atoms with Crippen LogP contribution in [0, 0.1) is 5.41 Å². The molecule has 2 heterocycles. The standard InChI is InChI=1S/C16H21N3O2S/c1-11(20)13-7-12(9-22-13)15(21)18-14(16(2,3)4)8-19-6-5-17-10-19/h5-7,9-10,14H,8H2,1-4H3,(H,18,21)/t14-/m0/s1. The normalized spacial score (nSPS) is 12.9. The minimum absolute atomic E-state index is 0.0187. The van der Waals surface area contributed by atoms with Crippen molar-refractivity contribution in [2.24, 2.45) is 5.41 Å². The van der Waals surface area contributed by atoms with E-state index in [-0.39, 0.29) is 23.1 Å². The average molecular weight is 319 g/mol. The van der Waals surface area contributed by atoms with E-state index in [4.69, 9.17) is 0 Å². The van der Waals surface area contributed by atoms with Gasteiger partial charge in [0.15, 0.2) is 5.78 Å². The molecule has 2 aromatic heterocycles. The van der Waals surface area contributed by atoms with Crippen molar-refractivity contribution in [3.05, 3.63) is 40.6 Å². The van der Waals surface area contributed by atoms with E-state index in [1.807, 2.05) is 10.8 Å². The van der Waals surface area contributed by atoms with Gasteiger partial charge in [0.2, 0.25) is 0 Å². The van der Waals surface area contributed by atoms with Gasteiger partial charge in [-0.15, -0.1) is 11.3 Å². The van der Waals surface area contributed by atoms with Gasteiger partial charge in [0, 0.05) is 24.3 Å². The molecule has 0 aliphatic rings. The highest BCUT2D eigenvalue weighted by Crippen LogP contribution is 2.22. The molecule has 0 aliphatic heterocycles. The molecule has 1 amide bonds. The second kappa shape index (κ2) is 6.44. The summed E-state index contributed by atoms with van der Waals surface area (Å²) in [5.41, 5.74) is 0.439. The summed E-state index contributed by atoms with van der Waals surface area (Å²) in [4.78, 5) is 28.4. The summed E-state index contributed by atoms with van der Waals surface area (Å²) in [5.74, 6) is -0.168. The van der Waals surface area contributed by atoms with Crippen LogP contribution in [0.1, 0.15) is 47.7 Å². The number of ketones is 1. The molecule has 0 radical (unpaired) electrons. The Morgan fingerprint density at radius 3 is 2.64 bits per heavy atom. The number of nitrogens with one attached hydrogen (secondary N) is 1. The Kier molecular flexibility index (Phi) is 4.81. The number of amides is 1. The molecule has 0 spiro atoms. The third-order valence-corrected chi connectivity index (χ3v) is 4.54. The lowest BCUT2D eigenvalue weighted by atomic mass is 9.86. The highest BCUT2D eigenvalue weighted by Gasteiger charge is 2.27. The third-order valence-electron chi connectivity index (χ3n) is 3.51. The number of thiophene rings is 1. The second-order valence-electron chi connectivity index (χ2n) is 6.41. The van der Waals surface area contributed by atoms with Gasteiger partial charge in [-0.25, -0.2) is 4.98 Å². The number of nitrogens with zero attached hydrogens (tertiary/aromatic N) is 2. The summed E-state index contributed by atoms with van der Waals surface area (Å²) in [6.07, 6.45) is 5.34. The van der Waals surface area contributed by atoms with E-state index in [1.165, 1.54) is 18.3 Å². The molecule has 5 nitrogen and oxygen atoms in total. The monoisotopic (exact) mass is 319 g/mol. The van der Waals surface area contributed by atoms with Gasteiger partial charge in [-0.2, -0.15) is 0 Å². The molecular formula is C16H21N3O2S. The van der Waals surface area contributed by atoms with E-state index in [0.29, 0.717) is 17.0 Å². The zero-order chi connectivity index (χ0) is 16.3. The van der Waals surface area contributed by atoms with Gasteiger partial charge in [-0.1, -0.05) is 20.8 Å². The van der Waals surface area contributed by atoms with Crippen LogP contribution in [0.5, 0.6) is 0 Å². The van der Waals surface area contributed by atoms with Crippen molar-refractivity contribution in [2.45, 2.75) is 40.3 Å². The number of rotatable bonds is 5. The van der Waals surface area contributed by atoms with Crippen molar-refractivity contribution in [2.75, 3.05) is 0 Å². The molecule has 0 saturated heterocycles. The molecule has 2 aromatic rings. The van der Waals surface area contributed by atoms with Crippen molar-refractivity contribution >= 4 is 23.0 Å². The summed E-state index contributed by atoms with van der Waals surface area (Å²) >= 11 is 1.30. The fourth-order valence-electron chi connectivity index (χ4n) is 2.02. The van der Waals surface area contributed by atoms with Gasteiger partial charge < -0.3 is 9.88 Å². The van der Waals surface area contributed by atoms with Crippen molar-refractivity contribution < 1.29 is 9.59 Å². The summed E-state index contributed by atoms with van der Waals surface area (Å²) in [6.45, 7) is 8.42. The molecule has 118 valence electrons. The molecule has 22 heavy (non-hydrogen) atoms. The topological polar surface area (TPSA) is 64.0 Å². The predicted octanol–water partition coefficient (Wildman–Crippen LogP) is 2.99. The fourth-order valence-corrected chi connectivity index (χ4v) is 2.81. The number of carbonyl (C=O) groups excluding carboxylic acids is 2. The molecular weight excluding hydrogens is 298 g/mol. The molecule has 0 saturated carbocycles. The minimum atomic E-state index is -0.149. The molecule has 0 bridgehead atoms. The molecule has 0 aliphatic carbocycles. The van der Waals surface area contributed by atoms with E-state index in [9.17, 15) is 9.59 Å². The fraction of sp³-hybridized carbons (Fsp3) is 0.438. The lowest BCUT2D eigenvalue weighted by Crippen LogP contribution is -2.46. The summed E-state index contributed by atoms with van der Waals surface area (Å²) in [5, 5.41) is 4.80. The Bertz CT molecular complexity index is 653. The van der Waals surface area contributed by atoms with E-state index >= 15 is 0 Å². The number of imidazole rings is 1. The maximum atomic E-state index is 12.4. The van der Waals surface area contributed by atoms with Crippen LogP contribution in [0.2, 0.25) is 0 Å². The zero-order valence-electron chi connectivity index (χ0n) is 13.3. The molecule has 6 heteroatoms. The van der Waals surface area contributed by atoms with Gasteiger partial charge in [0.25, 0.3) is 5.91 Å². The maximum absolute atomic E-state index is 12.4. The summed E-state index contributed by atoms with van der Waals surface area (Å²) < 4.78 is 1.95. The number of hydrogen-bond donors (Lipinski definition) is 1. The van der Waals surface area contributed by atoms with Crippen LogP contribution in [0.15, 0.2) is 30.2 Å². The highest BCUT2D eigenvalue weighted by molar-refractivity contribution is 7.12. The van der Waals surface area contributed by atoms with Crippen LogP contribution in [0.3, 0.4) is 0 Å². The number of hydrogen-bond acceptors (Lipinski definition) is 4. The van der Waals surface area contributed by atoms with Gasteiger partial charge in [-0.3, -0.25) is 9.59 Å². The van der Waals surface area contributed by atoms with E-state index in [1.54, 1.807) is 24.0 Å². The van der Waals surface area contributed by atoms with Gasteiger partial charge in [0.1, 0.15) is 0 Å². The molecule has 1 N–H and O–H groups in total. The van der Waals surface area contributed by atoms with Crippen LogP contribution >= 0.6 is 11.3 Å². The van der Waals surface area contributed by atoms with Gasteiger partial charge >= 0.3 is 0 Å². The van der Waals surface area contributed by atoms with Crippen molar-refractivity contribution in [1.82, 2.24) is 14.9 Å². The second-order valence-corrected chi connectivity index (χ2v) is 7.32. The first-order chi connectivity index (χ1) is 10.3. The highest BCUT2D eigenvalue weighted by atomic mass is 32.1. The molecule has 0 unspecified atom stereocenters. The molecule has 1 atom stereocenters. The first-order valence-electron chi connectivity index (χ1n) is 7.13. The number of carbonyl (C=O) groups is 2. The first kappa shape index (κ1) is 16.4. The Hall–Kier alpha value is -1.95. The van der Waals surface area contributed by atoms with E-state index < -0.39 is 0 Å². The maximum Gasteiger partial charge on any atom is 0.252 e. The molecule has 0 fully saturated rings. The third kappa shape index (κ3) is 4.04. The van der Waals surface area contributed by atoms with Gasteiger partial charge in [0.05, 0.1) is 22.8 Å². The van der Waals surface area contributed by atoms with E-state index in [2.05, 4.69) is 31.1 Å². The Labute approximate surface area is 134 Å². The Morgan fingerprint density at radius 2 is 2.14 bits per heavy atom. The van der Waals surface area contributed by atoms with Crippen LogP contribution < -0.4 is 5.32 Å². The Balaban J connectivity index is 2.12. The quantitative estimate of drug-likeness (QED) is 0.862. The van der Waals surface area contributed by atoms with E-state index in [0.717, 1.165) is 0 Å². The van der Waals surface area contributed by atoms with Gasteiger partial charge in [-0.05, 0) is 18.4 Å². The number of aromatic nitrogens is 2. The largest absolute Gasteiger partial charge is 0.347 e. The lowest BCUT2D eigenvalue weighted by molar-refractivity contribution is 0.0893. The first-order valence-corrected chi connectivity index (χ1v) is 8.01. The smallest absolute Gasteiger partial charge is 0.252 e. The molecule has 0 aromatic carbocycles. The van der Waals surface area contributed by atoms with Crippen molar-refractivity contribution in [1.29, 1.82) is 0 Å². The summed E-state index contributed by atoms with van der Waals surface area (Å²) in [6, 6.07) is 1.61. The van der Waals surface area contributed by atoms with Crippen LogP contribution in [0.25, 0.3) is 0 Å². The zero-order valence-corrected chi connectivity index (χ0v) is 14.1. The number of Topliss-reactive ketones (excluding diaryl/α,β-unsaturated/α-hetero) is 1. The van der Waals surface area contributed by atoms with Crippen LogP contribution in [-0.4, -0.2) is 27.3 Å². The SMILES string of the molecule is CC(=O)c1cc(C(=O)N[C@@H](Cn2ccnc2)C(C)(C)C)cs1. The summed E-state index contributed by atoms with van der Waals surface area (Å²) in [7, 11) is 0. The lowest BCUT2D eigenvalue weighted by Gasteiger charge is -2.31. The minimum Gasteiger partial charge on any atom is -0.347 e. The Morgan fingerprint density at radius 1 is 1.41 bits per heavy atom. The predicted molar refractivity (Wildman–Crippen MR) is 87.3 cm³/mol. The van der Waals surface area contributed by atoms with Crippen LogP contribution in [-0.2, 0) is 6.54 Å². The van der Waals surface area contributed by atoms with Crippen LogP contribution in [0.4, 0.5) is 0 Å². The van der Waals surface area contributed by atoms with Crippen molar-refractivity contribution in [3.8, 4) is 0 Å². The van der Waals surface area contributed by atoms with Crippen molar-refractivity contribution in [3.63, 3.8) is 0 Å². The average Bonchev–Trinajstić information content (AvgIpc) is 3.08. The molecule has 2 rings (SSSR count).